The molecule has 2 aromatic heterocycles. The third-order valence-corrected chi connectivity index (χ3v) is 6.10. The van der Waals surface area contributed by atoms with Crippen LogP contribution in [-0.2, 0) is 4.74 Å². The van der Waals surface area contributed by atoms with Gasteiger partial charge >= 0.3 is 0 Å². The summed E-state index contributed by atoms with van der Waals surface area (Å²) in [7, 11) is 1.60. The molecule has 1 N–H and O–H groups in total. The summed E-state index contributed by atoms with van der Waals surface area (Å²) >= 11 is 0. The van der Waals surface area contributed by atoms with E-state index in [4.69, 9.17) is 9.47 Å². The Balaban J connectivity index is 1.53. The first-order valence-electron chi connectivity index (χ1n) is 10.9. The van der Waals surface area contributed by atoms with Gasteiger partial charge in [0.2, 0.25) is 0 Å². The highest BCUT2D eigenvalue weighted by atomic mass is 19.3. The van der Waals surface area contributed by atoms with E-state index in [1.807, 2.05) is 23.0 Å². The fraction of sp³-hybridized carbons (Fsp3) is 0.280. The largest absolute Gasteiger partial charge is 0.496 e. The topological polar surface area (TPSA) is 61.2 Å². The molecule has 2 aromatic carbocycles. The molecule has 0 aliphatic carbocycles. The zero-order valence-electron chi connectivity index (χ0n) is 18.6. The second-order valence-electron chi connectivity index (χ2n) is 8.25. The van der Waals surface area contributed by atoms with Gasteiger partial charge in [0.15, 0.2) is 0 Å². The third-order valence-electron chi connectivity index (χ3n) is 6.10. The van der Waals surface area contributed by atoms with Gasteiger partial charge < -0.3 is 14.8 Å². The van der Waals surface area contributed by atoms with Gasteiger partial charge in [-0.1, -0.05) is 18.2 Å². The van der Waals surface area contributed by atoms with Crippen LogP contribution in [0.15, 0.2) is 55.0 Å². The molecule has 5 rings (SSSR count). The molecule has 0 radical (unpaired) electrons. The lowest BCUT2D eigenvalue weighted by atomic mass is 10.0. The minimum Gasteiger partial charge on any atom is -0.496 e. The number of rotatable bonds is 7. The predicted molar refractivity (Wildman–Crippen MR) is 123 cm³/mol. The SMILES string of the molecule is COc1cc2nccc(NC(C)c3cccc(C(F)F)c3F)c2cc1-c1cnn(C2COC2)c1. The van der Waals surface area contributed by atoms with Gasteiger partial charge in [0.25, 0.3) is 6.43 Å². The van der Waals surface area contributed by atoms with Crippen molar-refractivity contribution in [2.45, 2.75) is 25.4 Å². The molecular formula is C25H23F3N4O2. The Morgan fingerprint density at radius 3 is 2.68 bits per heavy atom. The van der Waals surface area contributed by atoms with Crippen LogP contribution in [-0.4, -0.2) is 35.1 Å². The second-order valence-corrected chi connectivity index (χ2v) is 8.25. The molecule has 3 heterocycles. The molecule has 1 aliphatic heterocycles. The molecule has 176 valence electrons. The molecule has 1 unspecified atom stereocenters. The van der Waals surface area contributed by atoms with E-state index in [1.165, 1.54) is 12.1 Å². The van der Waals surface area contributed by atoms with Crippen molar-refractivity contribution in [3.05, 3.63) is 71.9 Å². The quantitative estimate of drug-likeness (QED) is 0.364. The Bertz CT molecular complexity index is 1340. The Hall–Kier alpha value is -3.59. The number of anilines is 1. The van der Waals surface area contributed by atoms with Crippen molar-refractivity contribution in [3.8, 4) is 16.9 Å². The molecule has 6 nitrogen and oxygen atoms in total. The monoisotopic (exact) mass is 468 g/mol. The molecule has 1 saturated heterocycles. The number of halogens is 3. The van der Waals surface area contributed by atoms with E-state index in [-0.39, 0.29) is 11.6 Å². The van der Waals surface area contributed by atoms with Gasteiger partial charge in [-0.05, 0) is 19.1 Å². The number of benzene rings is 2. The number of aromatic nitrogens is 3. The van der Waals surface area contributed by atoms with E-state index in [9.17, 15) is 13.2 Å². The summed E-state index contributed by atoms with van der Waals surface area (Å²) in [6.45, 7) is 3.00. The molecule has 4 aromatic rings. The van der Waals surface area contributed by atoms with Gasteiger partial charge in [0, 0.05) is 46.2 Å². The Kier molecular flexibility index (Phi) is 5.87. The van der Waals surface area contributed by atoms with Crippen LogP contribution in [0.4, 0.5) is 18.9 Å². The Morgan fingerprint density at radius 1 is 1.18 bits per heavy atom. The van der Waals surface area contributed by atoms with Crippen molar-refractivity contribution >= 4 is 16.6 Å². The summed E-state index contributed by atoms with van der Waals surface area (Å²) < 4.78 is 53.8. The smallest absolute Gasteiger partial charge is 0.266 e. The number of methoxy groups -OCH3 is 1. The lowest BCUT2D eigenvalue weighted by Crippen LogP contribution is -2.30. The molecule has 0 amide bonds. The standard InChI is InChI=1S/C25H23F3N4O2/c1-14(17-4-3-5-18(24(17)26)25(27)28)31-21-6-7-29-22-9-23(33-2)19(8-20(21)22)15-10-30-32(11-15)16-12-34-13-16/h3-11,14,16,25H,12-13H2,1-2H3,(H,29,31). The average molecular weight is 468 g/mol. The van der Waals surface area contributed by atoms with Gasteiger partial charge in [0.05, 0.1) is 49.7 Å². The normalized spacial score (nSPS) is 14.9. The maximum absolute atomic E-state index is 14.7. The third kappa shape index (κ3) is 3.96. The molecular weight excluding hydrogens is 445 g/mol. The van der Waals surface area contributed by atoms with Crippen molar-refractivity contribution in [2.24, 2.45) is 0 Å². The number of ether oxygens (including phenoxy) is 2. The summed E-state index contributed by atoms with van der Waals surface area (Å²) in [5, 5.41) is 8.51. The highest BCUT2D eigenvalue weighted by Gasteiger charge is 2.23. The van der Waals surface area contributed by atoms with Crippen LogP contribution in [0.25, 0.3) is 22.0 Å². The van der Waals surface area contributed by atoms with Crippen molar-refractivity contribution < 1.29 is 22.6 Å². The van der Waals surface area contributed by atoms with Crippen LogP contribution in [0, 0.1) is 5.82 Å². The lowest BCUT2D eigenvalue weighted by molar-refractivity contribution is -0.0286. The van der Waals surface area contributed by atoms with E-state index >= 15 is 0 Å². The number of alkyl halides is 2. The minimum atomic E-state index is -2.88. The minimum absolute atomic E-state index is 0.167. The molecule has 9 heteroatoms. The predicted octanol–water partition coefficient (Wildman–Crippen LogP) is 5.93. The van der Waals surface area contributed by atoms with Gasteiger partial charge in [0.1, 0.15) is 11.6 Å². The maximum Gasteiger partial charge on any atom is 0.266 e. The average Bonchev–Trinajstić information content (AvgIpc) is 3.26. The summed E-state index contributed by atoms with van der Waals surface area (Å²) in [6.07, 6.45) is 2.49. The van der Waals surface area contributed by atoms with Crippen LogP contribution in [0.1, 0.15) is 36.6 Å². The number of hydrogen-bond acceptors (Lipinski definition) is 5. The second kappa shape index (κ2) is 8.98. The number of fused-ring (bicyclic) bond motifs is 1. The van der Waals surface area contributed by atoms with Gasteiger partial charge in [-0.25, -0.2) is 13.2 Å². The first kappa shape index (κ1) is 22.2. The van der Waals surface area contributed by atoms with Gasteiger partial charge in [-0.3, -0.25) is 9.67 Å². The zero-order valence-corrected chi connectivity index (χ0v) is 18.6. The number of pyridine rings is 1. The number of hydrogen-bond donors (Lipinski definition) is 1. The fourth-order valence-corrected chi connectivity index (χ4v) is 4.13. The van der Waals surface area contributed by atoms with Crippen LogP contribution < -0.4 is 10.1 Å². The van der Waals surface area contributed by atoms with Gasteiger partial charge in [-0.2, -0.15) is 5.10 Å². The van der Waals surface area contributed by atoms with Crippen LogP contribution >= 0.6 is 0 Å². The highest BCUT2D eigenvalue weighted by molar-refractivity contribution is 5.96. The summed E-state index contributed by atoms with van der Waals surface area (Å²) in [5.74, 6) is -0.254. The summed E-state index contributed by atoms with van der Waals surface area (Å²) in [4.78, 5) is 4.45. The van der Waals surface area contributed by atoms with Crippen LogP contribution in [0.3, 0.4) is 0 Å². The number of nitrogens with one attached hydrogen (secondary N) is 1. The molecule has 1 atom stereocenters. The van der Waals surface area contributed by atoms with E-state index in [0.29, 0.717) is 30.2 Å². The highest BCUT2D eigenvalue weighted by Crippen LogP contribution is 2.37. The first-order valence-corrected chi connectivity index (χ1v) is 10.9. The maximum atomic E-state index is 14.7. The Labute approximate surface area is 194 Å². The van der Waals surface area contributed by atoms with Crippen molar-refractivity contribution in [1.29, 1.82) is 0 Å². The van der Waals surface area contributed by atoms with E-state index in [2.05, 4.69) is 15.4 Å². The summed E-state index contributed by atoms with van der Waals surface area (Å²) in [5.41, 5.74) is 2.65. The summed E-state index contributed by atoms with van der Waals surface area (Å²) in [6, 6.07) is 9.27. The van der Waals surface area contributed by atoms with E-state index in [0.717, 1.165) is 22.6 Å². The van der Waals surface area contributed by atoms with E-state index < -0.39 is 23.8 Å². The Morgan fingerprint density at radius 2 is 1.97 bits per heavy atom. The first-order chi connectivity index (χ1) is 16.5. The van der Waals surface area contributed by atoms with Crippen LogP contribution in [0.2, 0.25) is 0 Å². The fourth-order valence-electron chi connectivity index (χ4n) is 4.13. The zero-order chi connectivity index (χ0) is 23.8. The number of nitrogens with zero attached hydrogens (tertiary/aromatic N) is 3. The lowest BCUT2D eigenvalue weighted by Gasteiger charge is -2.25. The molecule has 0 spiro atoms. The molecule has 0 bridgehead atoms. The van der Waals surface area contributed by atoms with E-state index in [1.54, 1.807) is 32.5 Å². The molecule has 0 saturated carbocycles. The van der Waals surface area contributed by atoms with Crippen molar-refractivity contribution in [1.82, 2.24) is 14.8 Å². The van der Waals surface area contributed by atoms with Crippen molar-refractivity contribution in [3.63, 3.8) is 0 Å². The van der Waals surface area contributed by atoms with Crippen LogP contribution in [0.5, 0.6) is 5.75 Å². The van der Waals surface area contributed by atoms with Gasteiger partial charge in [-0.15, -0.1) is 0 Å². The van der Waals surface area contributed by atoms with Crippen molar-refractivity contribution in [2.75, 3.05) is 25.6 Å². The molecule has 1 aliphatic rings. The molecule has 1 fully saturated rings. The molecule has 34 heavy (non-hydrogen) atoms.